The largest absolute Gasteiger partial charge is 0.497 e. The van der Waals surface area contributed by atoms with Crippen LogP contribution >= 0.6 is 11.3 Å². The van der Waals surface area contributed by atoms with Crippen molar-refractivity contribution >= 4 is 28.8 Å². The average Bonchev–Trinajstić information content (AvgIpc) is 3.55. The van der Waals surface area contributed by atoms with Gasteiger partial charge in [0.25, 0.3) is 0 Å². The molecule has 43 heavy (non-hydrogen) atoms. The molecule has 0 atom stereocenters. The lowest BCUT2D eigenvalue weighted by Crippen LogP contribution is -2.35. The molecule has 3 heterocycles. The zero-order chi connectivity index (χ0) is 29.9. The van der Waals surface area contributed by atoms with Gasteiger partial charge in [0.2, 0.25) is 5.95 Å². The summed E-state index contributed by atoms with van der Waals surface area (Å²) in [6.45, 7) is 4.95. The van der Waals surface area contributed by atoms with E-state index in [1.54, 1.807) is 13.3 Å². The summed E-state index contributed by atoms with van der Waals surface area (Å²) >= 11 is 1.43. The molecule has 1 fully saturated rings. The third-order valence-corrected chi connectivity index (χ3v) is 8.65. The number of carbonyl (C=O) groups excluding carboxylic acids is 1. The number of aliphatic hydroxyl groups is 1. The fraction of sp³-hybridized carbons (Fsp3) is 0.364. The van der Waals surface area contributed by atoms with Gasteiger partial charge in [-0.25, -0.2) is 9.97 Å². The Kier molecular flexibility index (Phi) is 11.1. The van der Waals surface area contributed by atoms with Crippen LogP contribution in [0.2, 0.25) is 0 Å². The van der Waals surface area contributed by atoms with Crippen LogP contribution in [0.4, 0.5) is 11.6 Å². The van der Waals surface area contributed by atoms with Gasteiger partial charge in [0.1, 0.15) is 11.5 Å². The molecule has 0 bridgehead atoms. The zero-order valence-electron chi connectivity index (χ0n) is 24.5. The molecule has 1 saturated heterocycles. The first-order valence-electron chi connectivity index (χ1n) is 14.7. The van der Waals surface area contributed by atoms with E-state index in [2.05, 4.69) is 25.5 Å². The van der Waals surface area contributed by atoms with Crippen LogP contribution in [0.5, 0.6) is 11.5 Å². The summed E-state index contributed by atoms with van der Waals surface area (Å²) in [4.78, 5) is 25.8. The summed E-state index contributed by atoms with van der Waals surface area (Å²) in [7, 11) is 1.64. The monoisotopic (exact) mass is 601 g/mol. The molecule has 9 nitrogen and oxygen atoms in total. The average molecular weight is 602 g/mol. The molecule has 226 valence electrons. The molecule has 5 rings (SSSR count). The molecule has 0 aliphatic carbocycles. The molecule has 0 spiro atoms. The van der Waals surface area contributed by atoms with E-state index in [0.717, 1.165) is 72.2 Å². The summed E-state index contributed by atoms with van der Waals surface area (Å²) in [5.74, 6) is 2.62. The Morgan fingerprint density at radius 1 is 1.07 bits per heavy atom. The van der Waals surface area contributed by atoms with E-state index in [9.17, 15) is 9.90 Å². The molecule has 1 aliphatic heterocycles. The normalized spacial score (nSPS) is 14.0. The maximum atomic E-state index is 12.8. The van der Waals surface area contributed by atoms with Crippen LogP contribution in [0.3, 0.4) is 0 Å². The summed E-state index contributed by atoms with van der Waals surface area (Å²) in [5.41, 5.74) is 2.68. The van der Waals surface area contributed by atoms with Crippen molar-refractivity contribution in [2.24, 2.45) is 5.92 Å². The van der Waals surface area contributed by atoms with Crippen molar-refractivity contribution in [2.75, 3.05) is 51.8 Å². The molecular formula is C33H39N5O4S. The Morgan fingerprint density at radius 2 is 1.91 bits per heavy atom. The van der Waals surface area contributed by atoms with Gasteiger partial charge in [-0.05, 0) is 98.4 Å². The third kappa shape index (κ3) is 9.08. The van der Waals surface area contributed by atoms with Crippen LogP contribution in [0.1, 0.15) is 34.5 Å². The van der Waals surface area contributed by atoms with Crippen molar-refractivity contribution in [1.29, 1.82) is 0 Å². The summed E-state index contributed by atoms with van der Waals surface area (Å²) in [6.07, 6.45) is 4.85. The quantitative estimate of drug-likeness (QED) is 0.122. The van der Waals surface area contributed by atoms with E-state index < -0.39 is 0 Å². The third-order valence-electron chi connectivity index (χ3n) is 7.50. The van der Waals surface area contributed by atoms with Crippen LogP contribution in [-0.2, 0) is 6.54 Å². The maximum absolute atomic E-state index is 12.8. The molecule has 1 aliphatic rings. The van der Waals surface area contributed by atoms with Gasteiger partial charge in [0.15, 0.2) is 5.78 Å². The van der Waals surface area contributed by atoms with Gasteiger partial charge in [-0.1, -0.05) is 12.1 Å². The van der Waals surface area contributed by atoms with E-state index in [4.69, 9.17) is 9.47 Å². The number of rotatable bonds is 15. The van der Waals surface area contributed by atoms with E-state index >= 15 is 0 Å². The lowest BCUT2D eigenvalue weighted by Gasteiger charge is -2.30. The Labute approximate surface area is 256 Å². The van der Waals surface area contributed by atoms with Crippen molar-refractivity contribution in [3.05, 3.63) is 83.4 Å². The van der Waals surface area contributed by atoms with Gasteiger partial charge < -0.3 is 30.1 Å². The maximum Gasteiger partial charge on any atom is 0.227 e. The molecule has 3 N–H and O–H groups in total. The number of aromatic nitrogens is 2. The highest BCUT2D eigenvalue weighted by Gasteiger charge is 2.18. The first-order valence-corrected chi connectivity index (χ1v) is 15.5. The molecule has 0 amide bonds. The lowest BCUT2D eigenvalue weighted by molar-refractivity contribution is 0.0994. The number of nitrogens with one attached hydrogen (secondary N) is 2. The van der Waals surface area contributed by atoms with Gasteiger partial charge in [0, 0.05) is 31.6 Å². The van der Waals surface area contributed by atoms with Crippen LogP contribution in [-0.4, -0.2) is 72.3 Å². The highest BCUT2D eigenvalue weighted by atomic mass is 32.1. The number of ketones is 1. The van der Waals surface area contributed by atoms with E-state index in [1.807, 2.05) is 66.7 Å². The summed E-state index contributed by atoms with van der Waals surface area (Å²) in [5, 5.41) is 15.8. The number of Topliss-reactive ketones (excluding diaryl/α,β-unsaturated/α-hetero) is 1. The number of thiophene rings is 1. The molecule has 2 aromatic heterocycles. The van der Waals surface area contributed by atoms with Crippen molar-refractivity contribution in [2.45, 2.75) is 25.8 Å². The Hall–Kier alpha value is -3.83. The number of hydrogen-bond donors (Lipinski definition) is 3. The zero-order valence-corrected chi connectivity index (χ0v) is 25.3. The Balaban J connectivity index is 1.07. The number of ether oxygens (including phenoxy) is 2. The number of methoxy groups -OCH3 is 1. The second-order valence-corrected chi connectivity index (χ2v) is 11.7. The molecule has 4 aromatic rings. The fourth-order valence-electron chi connectivity index (χ4n) is 5.01. The predicted octanol–water partition coefficient (Wildman–Crippen LogP) is 5.40. The van der Waals surface area contributed by atoms with Crippen LogP contribution < -0.4 is 20.1 Å². The Bertz CT molecular complexity index is 1450. The molecule has 0 unspecified atom stereocenters. The van der Waals surface area contributed by atoms with E-state index in [0.29, 0.717) is 36.5 Å². The number of benzene rings is 2. The molecule has 2 aromatic carbocycles. The Morgan fingerprint density at radius 3 is 2.70 bits per heavy atom. The second kappa shape index (κ2) is 15.6. The van der Waals surface area contributed by atoms with Crippen molar-refractivity contribution < 1.29 is 19.4 Å². The number of nitrogens with zero attached hydrogens (tertiary/aromatic N) is 3. The van der Waals surface area contributed by atoms with Gasteiger partial charge >= 0.3 is 0 Å². The van der Waals surface area contributed by atoms with Gasteiger partial charge in [-0.3, -0.25) is 4.79 Å². The first kappa shape index (κ1) is 30.6. The minimum Gasteiger partial charge on any atom is -0.497 e. The highest BCUT2D eigenvalue weighted by Crippen LogP contribution is 2.28. The van der Waals surface area contributed by atoms with Crippen molar-refractivity contribution in [3.63, 3.8) is 0 Å². The van der Waals surface area contributed by atoms with Crippen LogP contribution in [0.25, 0.3) is 10.6 Å². The number of hydrogen-bond acceptors (Lipinski definition) is 10. The summed E-state index contributed by atoms with van der Waals surface area (Å²) in [6, 6.07) is 21.2. The number of aliphatic hydroxyl groups excluding tert-OH is 1. The smallest absolute Gasteiger partial charge is 0.227 e. The first-order chi connectivity index (χ1) is 21.1. The van der Waals surface area contributed by atoms with Crippen molar-refractivity contribution in [3.8, 4) is 22.1 Å². The van der Waals surface area contributed by atoms with Crippen LogP contribution in [0, 0.1) is 5.92 Å². The second-order valence-electron chi connectivity index (χ2n) is 10.6. The van der Waals surface area contributed by atoms with Gasteiger partial charge in [-0.2, -0.15) is 0 Å². The minimum atomic E-state index is 0.0385. The molecule has 0 saturated carbocycles. The number of piperidine rings is 1. The van der Waals surface area contributed by atoms with E-state index in [1.165, 1.54) is 11.3 Å². The minimum absolute atomic E-state index is 0.0385. The number of anilines is 2. The molecule has 0 radical (unpaired) electrons. The molecule has 10 heteroatoms. The predicted molar refractivity (Wildman–Crippen MR) is 170 cm³/mol. The standard InChI is InChI=1S/C33H39N5O4S/c1-41-28-5-2-4-25(20-28)21-34-22-30(40)32-11-10-31(43-32)29-12-15-35-33(37-29)36-26-6-8-27(9-7-26)42-19-3-16-38-17-13-24(23-39)14-18-38/h2,4-12,15,20,24,34,39H,3,13-14,16-19,21-23H2,1H3,(H,35,36,37). The topological polar surface area (TPSA) is 109 Å². The molecular weight excluding hydrogens is 562 g/mol. The number of carbonyl (C=O) groups is 1. The lowest BCUT2D eigenvalue weighted by atomic mass is 9.98. The van der Waals surface area contributed by atoms with Gasteiger partial charge in [0.05, 0.1) is 35.7 Å². The fourth-order valence-corrected chi connectivity index (χ4v) is 5.92. The van der Waals surface area contributed by atoms with Crippen molar-refractivity contribution in [1.82, 2.24) is 20.2 Å². The highest BCUT2D eigenvalue weighted by molar-refractivity contribution is 7.17. The van der Waals surface area contributed by atoms with E-state index in [-0.39, 0.29) is 12.3 Å². The SMILES string of the molecule is COc1cccc(CNCC(=O)c2ccc(-c3ccnc(Nc4ccc(OCCCN5CCC(CO)CC5)cc4)n3)s2)c1. The van der Waals surface area contributed by atoms with Gasteiger partial charge in [-0.15, -0.1) is 11.3 Å². The summed E-state index contributed by atoms with van der Waals surface area (Å²) < 4.78 is 11.2. The van der Waals surface area contributed by atoms with Crippen LogP contribution in [0.15, 0.2) is 72.9 Å². The number of likely N-dealkylation sites (tertiary alicyclic amines) is 1.